The zero-order chi connectivity index (χ0) is 14.9. The van der Waals surface area contributed by atoms with Gasteiger partial charge in [-0.15, -0.1) is 0 Å². The second-order valence-corrected chi connectivity index (χ2v) is 6.94. The minimum atomic E-state index is -0.0394. The Balaban J connectivity index is 1.56. The topological polar surface area (TPSA) is 38.3 Å². The van der Waals surface area contributed by atoms with Crippen molar-refractivity contribution in [1.82, 2.24) is 5.32 Å². The van der Waals surface area contributed by atoms with Gasteiger partial charge in [0.05, 0.1) is 0 Å². The average molecular weight is 307 g/mol. The molecular formula is C17H25NO2S. The minimum Gasteiger partial charge on any atom is -0.484 e. The summed E-state index contributed by atoms with van der Waals surface area (Å²) >= 11 is 2.00. The van der Waals surface area contributed by atoms with Crippen molar-refractivity contribution < 1.29 is 9.53 Å². The molecule has 0 heterocycles. The molecule has 0 bridgehead atoms. The van der Waals surface area contributed by atoms with Crippen LogP contribution in [0.25, 0.3) is 0 Å². The summed E-state index contributed by atoms with van der Waals surface area (Å²) in [4.78, 5) is 11.7. The summed E-state index contributed by atoms with van der Waals surface area (Å²) in [7, 11) is 0. The van der Waals surface area contributed by atoms with Crippen LogP contribution in [0.3, 0.4) is 0 Å². The number of rotatable bonds is 7. The van der Waals surface area contributed by atoms with Crippen LogP contribution in [-0.2, 0) is 4.79 Å². The van der Waals surface area contributed by atoms with E-state index in [-0.39, 0.29) is 12.5 Å². The van der Waals surface area contributed by atoms with Crippen LogP contribution in [0, 0.1) is 6.92 Å². The number of hydrogen-bond acceptors (Lipinski definition) is 3. The van der Waals surface area contributed by atoms with E-state index < -0.39 is 0 Å². The largest absolute Gasteiger partial charge is 0.484 e. The molecule has 1 saturated carbocycles. The quantitative estimate of drug-likeness (QED) is 0.783. The molecule has 1 aliphatic rings. The van der Waals surface area contributed by atoms with E-state index in [9.17, 15) is 4.79 Å². The van der Waals surface area contributed by atoms with Crippen molar-refractivity contribution in [3.05, 3.63) is 29.8 Å². The highest BCUT2D eigenvalue weighted by Gasteiger charge is 2.13. The molecule has 0 aliphatic heterocycles. The second kappa shape index (κ2) is 8.98. The number of benzene rings is 1. The van der Waals surface area contributed by atoms with Crippen molar-refractivity contribution in [2.24, 2.45) is 0 Å². The average Bonchev–Trinajstić information content (AvgIpc) is 2.52. The number of amides is 1. The normalized spacial score (nSPS) is 15.7. The lowest BCUT2D eigenvalue weighted by Gasteiger charge is -2.20. The number of thioether (sulfide) groups is 1. The first kappa shape index (κ1) is 16.2. The zero-order valence-corrected chi connectivity index (χ0v) is 13.6. The Labute approximate surface area is 131 Å². The number of ether oxygens (including phenoxy) is 1. The van der Waals surface area contributed by atoms with Gasteiger partial charge >= 0.3 is 0 Å². The maximum atomic E-state index is 11.7. The molecular weight excluding hydrogens is 282 g/mol. The van der Waals surface area contributed by atoms with Gasteiger partial charge in [0, 0.05) is 17.5 Å². The molecule has 0 saturated heterocycles. The molecule has 116 valence electrons. The molecule has 4 heteroatoms. The highest BCUT2D eigenvalue weighted by molar-refractivity contribution is 7.99. The van der Waals surface area contributed by atoms with Crippen LogP contribution in [0.15, 0.2) is 24.3 Å². The molecule has 2 rings (SSSR count). The van der Waals surface area contributed by atoms with Gasteiger partial charge in [-0.1, -0.05) is 37.5 Å². The van der Waals surface area contributed by atoms with Crippen molar-refractivity contribution in [1.29, 1.82) is 0 Å². The fraction of sp³-hybridized carbons (Fsp3) is 0.588. The van der Waals surface area contributed by atoms with Gasteiger partial charge in [-0.2, -0.15) is 11.8 Å². The predicted octanol–water partition coefficient (Wildman–Crippen LogP) is 3.56. The first-order chi connectivity index (χ1) is 10.3. The monoisotopic (exact) mass is 307 g/mol. The summed E-state index contributed by atoms with van der Waals surface area (Å²) in [6.07, 6.45) is 6.82. The third-order valence-electron chi connectivity index (χ3n) is 3.78. The van der Waals surface area contributed by atoms with Crippen molar-refractivity contribution in [2.45, 2.75) is 44.3 Å². The van der Waals surface area contributed by atoms with Crippen LogP contribution in [-0.4, -0.2) is 30.1 Å². The first-order valence-electron chi connectivity index (χ1n) is 7.82. The van der Waals surface area contributed by atoms with Crippen LogP contribution < -0.4 is 10.1 Å². The Kier molecular flexibility index (Phi) is 6.93. The molecule has 1 aliphatic carbocycles. The summed E-state index contributed by atoms with van der Waals surface area (Å²) in [5.41, 5.74) is 1.05. The molecule has 0 atom stereocenters. The van der Waals surface area contributed by atoms with E-state index in [4.69, 9.17) is 4.74 Å². The molecule has 1 amide bonds. The van der Waals surface area contributed by atoms with Gasteiger partial charge in [0.2, 0.25) is 0 Å². The van der Waals surface area contributed by atoms with E-state index in [1.165, 1.54) is 32.1 Å². The van der Waals surface area contributed by atoms with E-state index in [0.717, 1.165) is 28.9 Å². The van der Waals surface area contributed by atoms with Gasteiger partial charge in [0.25, 0.3) is 5.91 Å². The van der Waals surface area contributed by atoms with E-state index in [1.807, 2.05) is 43.0 Å². The summed E-state index contributed by atoms with van der Waals surface area (Å²) in [6.45, 7) is 2.81. The Morgan fingerprint density at radius 3 is 2.81 bits per heavy atom. The summed E-state index contributed by atoms with van der Waals surface area (Å²) in [5.74, 6) is 1.74. The first-order valence-corrected chi connectivity index (χ1v) is 8.87. The maximum Gasteiger partial charge on any atom is 0.257 e. The van der Waals surface area contributed by atoms with Gasteiger partial charge in [-0.25, -0.2) is 0 Å². The summed E-state index contributed by atoms with van der Waals surface area (Å²) in [6, 6.07) is 7.75. The molecule has 1 N–H and O–H groups in total. The number of hydrogen-bond donors (Lipinski definition) is 1. The van der Waals surface area contributed by atoms with Crippen molar-refractivity contribution in [2.75, 3.05) is 18.9 Å². The van der Waals surface area contributed by atoms with E-state index >= 15 is 0 Å². The Morgan fingerprint density at radius 2 is 2.05 bits per heavy atom. The van der Waals surface area contributed by atoms with Crippen LogP contribution in [0.5, 0.6) is 5.75 Å². The molecule has 1 aromatic rings. The summed E-state index contributed by atoms with van der Waals surface area (Å²) in [5, 5.41) is 3.73. The molecule has 0 radical (unpaired) electrons. The summed E-state index contributed by atoms with van der Waals surface area (Å²) < 4.78 is 5.53. The molecule has 21 heavy (non-hydrogen) atoms. The SMILES string of the molecule is Cc1ccccc1OCC(=O)NCCSC1CCCCC1. The van der Waals surface area contributed by atoms with Crippen molar-refractivity contribution >= 4 is 17.7 Å². The molecule has 0 spiro atoms. The predicted molar refractivity (Wildman–Crippen MR) is 89.0 cm³/mol. The fourth-order valence-electron chi connectivity index (χ4n) is 2.56. The van der Waals surface area contributed by atoms with Crippen LogP contribution in [0.4, 0.5) is 0 Å². The standard InChI is InChI=1S/C17H25NO2S/c1-14-7-5-6-10-16(14)20-13-17(19)18-11-12-21-15-8-3-2-4-9-15/h5-7,10,15H,2-4,8-9,11-13H2,1H3,(H,18,19). The number of para-hydroxylation sites is 1. The third kappa shape index (κ3) is 6.00. The van der Waals surface area contributed by atoms with Gasteiger partial charge in [0.15, 0.2) is 6.61 Å². The maximum absolute atomic E-state index is 11.7. The lowest BCUT2D eigenvalue weighted by molar-refractivity contribution is -0.122. The molecule has 1 aromatic carbocycles. The van der Waals surface area contributed by atoms with E-state index in [1.54, 1.807) is 0 Å². The highest BCUT2D eigenvalue weighted by Crippen LogP contribution is 2.27. The van der Waals surface area contributed by atoms with Crippen LogP contribution >= 0.6 is 11.8 Å². The van der Waals surface area contributed by atoms with E-state index in [0.29, 0.717) is 0 Å². The fourth-order valence-corrected chi connectivity index (χ4v) is 3.78. The minimum absolute atomic E-state index is 0.0394. The Bertz CT molecular complexity index is 444. The third-order valence-corrected chi connectivity index (χ3v) is 5.16. The number of carbonyl (C=O) groups is 1. The van der Waals surface area contributed by atoms with Crippen molar-refractivity contribution in [3.8, 4) is 5.75 Å². The number of carbonyl (C=O) groups excluding carboxylic acids is 1. The highest BCUT2D eigenvalue weighted by atomic mass is 32.2. The van der Waals surface area contributed by atoms with Crippen molar-refractivity contribution in [3.63, 3.8) is 0 Å². The Morgan fingerprint density at radius 1 is 1.29 bits per heavy atom. The molecule has 3 nitrogen and oxygen atoms in total. The van der Waals surface area contributed by atoms with Crippen LogP contribution in [0.1, 0.15) is 37.7 Å². The van der Waals surface area contributed by atoms with Crippen LogP contribution in [0.2, 0.25) is 0 Å². The van der Waals surface area contributed by atoms with Gasteiger partial charge < -0.3 is 10.1 Å². The molecule has 0 aromatic heterocycles. The zero-order valence-electron chi connectivity index (χ0n) is 12.8. The van der Waals surface area contributed by atoms with Gasteiger partial charge in [-0.3, -0.25) is 4.79 Å². The Hall–Kier alpha value is -1.16. The second-order valence-electron chi connectivity index (χ2n) is 5.53. The lowest BCUT2D eigenvalue weighted by Crippen LogP contribution is -2.31. The number of aryl methyl sites for hydroxylation is 1. The van der Waals surface area contributed by atoms with E-state index in [2.05, 4.69) is 5.32 Å². The number of nitrogens with one attached hydrogen (secondary N) is 1. The molecule has 0 unspecified atom stereocenters. The molecule has 1 fully saturated rings. The van der Waals surface area contributed by atoms with Gasteiger partial charge in [0.1, 0.15) is 5.75 Å². The smallest absolute Gasteiger partial charge is 0.257 e. The van der Waals surface area contributed by atoms with Gasteiger partial charge in [-0.05, 0) is 31.4 Å². The lowest BCUT2D eigenvalue weighted by atomic mass is 10.0.